The molecule has 1 fully saturated rings. The van der Waals surface area contributed by atoms with Crippen LogP contribution in [0, 0.1) is 5.92 Å². The van der Waals surface area contributed by atoms with Crippen LogP contribution in [-0.4, -0.2) is 6.61 Å². The SMILES string of the molecule is CC1(C)COc2ccc(C(N)C3CC3)cc21. The van der Waals surface area contributed by atoms with Crippen molar-refractivity contribution in [2.24, 2.45) is 11.7 Å². The normalized spacial score (nSPS) is 23.7. The molecular weight excluding hydrogens is 198 g/mol. The summed E-state index contributed by atoms with van der Waals surface area (Å²) < 4.78 is 5.68. The van der Waals surface area contributed by atoms with Gasteiger partial charge in [-0.3, -0.25) is 0 Å². The highest BCUT2D eigenvalue weighted by Gasteiger charge is 2.34. The van der Waals surface area contributed by atoms with E-state index in [-0.39, 0.29) is 11.5 Å². The van der Waals surface area contributed by atoms with Crippen molar-refractivity contribution in [1.82, 2.24) is 0 Å². The largest absolute Gasteiger partial charge is 0.492 e. The molecule has 86 valence electrons. The van der Waals surface area contributed by atoms with Crippen molar-refractivity contribution in [3.63, 3.8) is 0 Å². The lowest BCUT2D eigenvalue weighted by molar-refractivity contribution is 0.291. The van der Waals surface area contributed by atoms with Gasteiger partial charge in [0.1, 0.15) is 5.75 Å². The molecule has 2 N–H and O–H groups in total. The van der Waals surface area contributed by atoms with Crippen LogP contribution >= 0.6 is 0 Å². The van der Waals surface area contributed by atoms with E-state index >= 15 is 0 Å². The van der Waals surface area contributed by atoms with Gasteiger partial charge in [0, 0.05) is 17.0 Å². The van der Waals surface area contributed by atoms with Crippen LogP contribution in [0.1, 0.15) is 43.9 Å². The molecule has 0 bridgehead atoms. The average molecular weight is 217 g/mol. The Bertz CT molecular complexity index is 421. The molecule has 2 nitrogen and oxygen atoms in total. The van der Waals surface area contributed by atoms with E-state index in [1.807, 2.05) is 0 Å². The molecule has 1 heterocycles. The van der Waals surface area contributed by atoms with Crippen molar-refractivity contribution in [1.29, 1.82) is 0 Å². The molecule has 1 aliphatic heterocycles. The molecule has 1 aromatic carbocycles. The molecule has 16 heavy (non-hydrogen) atoms. The standard InChI is InChI=1S/C14H19NO/c1-14(2)8-16-12-6-5-10(7-11(12)14)13(15)9-3-4-9/h5-7,9,13H,3-4,8,15H2,1-2H3. The Balaban J connectivity index is 1.98. The Morgan fingerprint density at radius 1 is 1.38 bits per heavy atom. The fourth-order valence-electron chi connectivity index (χ4n) is 2.47. The lowest BCUT2D eigenvalue weighted by atomic mass is 9.85. The van der Waals surface area contributed by atoms with Gasteiger partial charge < -0.3 is 10.5 Å². The maximum absolute atomic E-state index is 6.24. The van der Waals surface area contributed by atoms with Gasteiger partial charge in [0.05, 0.1) is 6.61 Å². The molecule has 0 saturated heterocycles. The van der Waals surface area contributed by atoms with Crippen molar-refractivity contribution in [2.75, 3.05) is 6.61 Å². The first-order valence-electron chi connectivity index (χ1n) is 6.11. The second-order valence-electron chi connectivity index (χ2n) is 5.79. The van der Waals surface area contributed by atoms with E-state index in [4.69, 9.17) is 10.5 Å². The van der Waals surface area contributed by atoms with Gasteiger partial charge in [-0.25, -0.2) is 0 Å². The molecular formula is C14H19NO. The fourth-order valence-corrected chi connectivity index (χ4v) is 2.47. The zero-order valence-corrected chi connectivity index (χ0v) is 9.99. The third-order valence-electron chi connectivity index (χ3n) is 3.84. The topological polar surface area (TPSA) is 35.2 Å². The van der Waals surface area contributed by atoms with Gasteiger partial charge in [-0.05, 0) is 36.5 Å². The van der Waals surface area contributed by atoms with E-state index in [1.54, 1.807) is 0 Å². The molecule has 2 heteroatoms. The number of nitrogens with two attached hydrogens (primary N) is 1. The second-order valence-corrected chi connectivity index (χ2v) is 5.79. The summed E-state index contributed by atoms with van der Waals surface area (Å²) in [7, 11) is 0. The molecule has 1 saturated carbocycles. The van der Waals surface area contributed by atoms with E-state index < -0.39 is 0 Å². The van der Waals surface area contributed by atoms with Crippen LogP contribution in [0.5, 0.6) is 5.75 Å². The quantitative estimate of drug-likeness (QED) is 0.826. The van der Waals surface area contributed by atoms with Crippen molar-refractivity contribution < 1.29 is 4.74 Å². The minimum absolute atomic E-state index is 0.134. The second kappa shape index (κ2) is 3.24. The summed E-state index contributed by atoms with van der Waals surface area (Å²) in [6.07, 6.45) is 2.58. The molecule has 0 amide bonds. The first-order chi connectivity index (χ1) is 7.58. The molecule has 2 aliphatic rings. The summed E-state index contributed by atoms with van der Waals surface area (Å²) in [5.74, 6) is 1.75. The summed E-state index contributed by atoms with van der Waals surface area (Å²) in [6, 6.07) is 6.69. The van der Waals surface area contributed by atoms with Crippen LogP contribution in [0.2, 0.25) is 0 Å². The summed E-state index contributed by atoms with van der Waals surface area (Å²) in [4.78, 5) is 0. The Hall–Kier alpha value is -1.02. The van der Waals surface area contributed by atoms with Crippen LogP contribution in [0.3, 0.4) is 0 Å². The lowest BCUT2D eigenvalue weighted by Crippen LogP contribution is -2.19. The first kappa shape index (κ1) is 10.2. The molecule has 0 aromatic heterocycles. The van der Waals surface area contributed by atoms with E-state index in [0.717, 1.165) is 12.4 Å². The summed E-state index contributed by atoms with van der Waals surface area (Å²) in [5.41, 5.74) is 8.97. The number of ether oxygens (including phenoxy) is 1. The molecule has 0 radical (unpaired) electrons. The maximum atomic E-state index is 6.24. The lowest BCUT2D eigenvalue weighted by Gasteiger charge is -2.17. The molecule has 1 atom stereocenters. The maximum Gasteiger partial charge on any atom is 0.123 e. The van der Waals surface area contributed by atoms with Crippen molar-refractivity contribution in [2.45, 2.75) is 38.1 Å². The molecule has 1 aliphatic carbocycles. The number of hydrogen-bond donors (Lipinski definition) is 1. The Kier molecular flexibility index (Phi) is 2.05. The minimum Gasteiger partial charge on any atom is -0.492 e. The predicted octanol–water partition coefficient (Wildman–Crippen LogP) is 2.77. The summed E-state index contributed by atoms with van der Waals surface area (Å²) >= 11 is 0. The Morgan fingerprint density at radius 2 is 2.12 bits per heavy atom. The van der Waals surface area contributed by atoms with Gasteiger partial charge in [0.15, 0.2) is 0 Å². The summed E-state index contributed by atoms with van der Waals surface area (Å²) in [6.45, 7) is 5.24. The Labute approximate surface area is 96.8 Å². The zero-order valence-electron chi connectivity index (χ0n) is 9.99. The zero-order chi connectivity index (χ0) is 11.3. The van der Waals surface area contributed by atoms with Gasteiger partial charge in [0.25, 0.3) is 0 Å². The van der Waals surface area contributed by atoms with Crippen molar-refractivity contribution >= 4 is 0 Å². The van der Waals surface area contributed by atoms with E-state index in [9.17, 15) is 0 Å². The number of fused-ring (bicyclic) bond motifs is 1. The third-order valence-corrected chi connectivity index (χ3v) is 3.84. The van der Waals surface area contributed by atoms with Gasteiger partial charge >= 0.3 is 0 Å². The first-order valence-corrected chi connectivity index (χ1v) is 6.11. The van der Waals surface area contributed by atoms with Gasteiger partial charge in [-0.1, -0.05) is 19.9 Å². The smallest absolute Gasteiger partial charge is 0.123 e. The van der Waals surface area contributed by atoms with Crippen molar-refractivity contribution in [3.8, 4) is 5.75 Å². The number of rotatable bonds is 2. The van der Waals surface area contributed by atoms with Gasteiger partial charge in [0.2, 0.25) is 0 Å². The minimum atomic E-state index is 0.134. The molecule has 1 aromatic rings. The van der Waals surface area contributed by atoms with Crippen LogP contribution in [0.15, 0.2) is 18.2 Å². The predicted molar refractivity (Wildman–Crippen MR) is 64.6 cm³/mol. The number of hydrogen-bond acceptors (Lipinski definition) is 2. The van der Waals surface area contributed by atoms with E-state index in [1.165, 1.54) is 24.0 Å². The van der Waals surface area contributed by atoms with Crippen LogP contribution in [-0.2, 0) is 5.41 Å². The Morgan fingerprint density at radius 3 is 2.81 bits per heavy atom. The third kappa shape index (κ3) is 1.52. The fraction of sp³-hybridized carbons (Fsp3) is 0.571. The molecule has 0 spiro atoms. The average Bonchev–Trinajstić information content (AvgIpc) is 3.05. The monoisotopic (exact) mass is 217 g/mol. The van der Waals surface area contributed by atoms with Crippen LogP contribution < -0.4 is 10.5 Å². The highest BCUT2D eigenvalue weighted by atomic mass is 16.5. The highest BCUT2D eigenvalue weighted by Crippen LogP contribution is 2.43. The van der Waals surface area contributed by atoms with Crippen LogP contribution in [0.4, 0.5) is 0 Å². The van der Waals surface area contributed by atoms with Crippen molar-refractivity contribution in [3.05, 3.63) is 29.3 Å². The number of benzene rings is 1. The van der Waals surface area contributed by atoms with E-state index in [0.29, 0.717) is 5.92 Å². The van der Waals surface area contributed by atoms with Gasteiger partial charge in [-0.15, -0.1) is 0 Å². The molecule has 1 unspecified atom stereocenters. The summed E-state index contributed by atoms with van der Waals surface area (Å²) in [5, 5.41) is 0. The van der Waals surface area contributed by atoms with Gasteiger partial charge in [-0.2, -0.15) is 0 Å². The highest BCUT2D eigenvalue weighted by molar-refractivity contribution is 5.46. The van der Waals surface area contributed by atoms with Crippen LogP contribution in [0.25, 0.3) is 0 Å². The molecule has 3 rings (SSSR count). The van der Waals surface area contributed by atoms with E-state index in [2.05, 4.69) is 32.0 Å².